The number of carbonyl (C=O) groups excluding carboxylic acids is 2. The third-order valence-corrected chi connectivity index (χ3v) is 9.90. The molecule has 0 bridgehead atoms. The molecule has 2 aliphatic rings. The fraction of sp³-hybridized carbons (Fsp3) is 0.395. The van der Waals surface area contributed by atoms with Gasteiger partial charge < -0.3 is 19.9 Å². The maximum atomic E-state index is 14.8. The van der Waals surface area contributed by atoms with Crippen LogP contribution < -0.4 is 5.73 Å². The molecule has 0 radical (unpaired) electrons. The van der Waals surface area contributed by atoms with Crippen LogP contribution in [0.2, 0.25) is 0 Å². The third-order valence-electron chi connectivity index (χ3n) is 9.90. The van der Waals surface area contributed by atoms with E-state index in [0.29, 0.717) is 18.7 Å². The van der Waals surface area contributed by atoms with Gasteiger partial charge in [0, 0.05) is 37.8 Å². The molecule has 46 heavy (non-hydrogen) atoms. The Kier molecular flexibility index (Phi) is 9.54. The highest BCUT2D eigenvalue weighted by molar-refractivity contribution is 5.98. The number of rotatable bonds is 9. The van der Waals surface area contributed by atoms with E-state index in [1.54, 1.807) is 6.33 Å². The van der Waals surface area contributed by atoms with Crippen LogP contribution in [0.15, 0.2) is 97.3 Å². The molecule has 1 aliphatic carbocycles. The Hall–Kier alpha value is -4.43. The summed E-state index contributed by atoms with van der Waals surface area (Å²) in [6.07, 6.45) is 5.20. The first kappa shape index (κ1) is 31.5. The minimum Gasteiger partial charge on any atom is -0.441 e. The van der Waals surface area contributed by atoms with Crippen molar-refractivity contribution in [3.05, 3.63) is 114 Å². The van der Waals surface area contributed by atoms with Crippen molar-refractivity contribution in [1.29, 1.82) is 0 Å². The summed E-state index contributed by atoms with van der Waals surface area (Å²) in [5, 5.41) is 0. The first-order chi connectivity index (χ1) is 22.4. The SMILES string of the molecule is CC(C)[C@@]1(OC(N)=O)CCCC[C@@H]1n1cnc(C(=O)N2CCN(Cc3ccccc3)CC2Cc2ccccc2)c1-c1ccccc1. The summed E-state index contributed by atoms with van der Waals surface area (Å²) in [6.45, 7) is 7.15. The molecular weight excluding hydrogens is 574 g/mol. The number of imidazole rings is 1. The molecular formula is C38H45N5O3. The van der Waals surface area contributed by atoms with E-state index in [9.17, 15) is 9.59 Å². The molecule has 240 valence electrons. The van der Waals surface area contributed by atoms with Crippen molar-refractivity contribution in [2.75, 3.05) is 19.6 Å². The zero-order valence-electron chi connectivity index (χ0n) is 26.9. The normalized spacial score (nSPS) is 22.1. The molecule has 2 amide bonds. The fourth-order valence-electron chi connectivity index (χ4n) is 7.63. The lowest BCUT2D eigenvalue weighted by Gasteiger charge is -2.46. The van der Waals surface area contributed by atoms with Gasteiger partial charge in [-0.05, 0) is 42.7 Å². The van der Waals surface area contributed by atoms with Gasteiger partial charge in [-0.25, -0.2) is 9.78 Å². The Morgan fingerprint density at radius 3 is 2.22 bits per heavy atom. The number of ether oxygens (including phenoxy) is 1. The second-order valence-electron chi connectivity index (χ2n) is 13.1. The largest absolute Gasteiger partial charge is 0.441 e. The molecule has 3 atom stereocenters. The maximum Gasteiger partial charge on any atom is 0.405 e. The van der Waals surface area contributed by atoms with Gasteiger partial charge in [0.2, 0.25) is 0 Å². The monoisotopic (exact) mass is 619 g/mol. The Labute approximate surface area is 272 Å². The number of carbonyl (C=O) groups is 2. The number of nitrogens with zero attached hydrogens (tertiary/aromatic N) is 4. The topological polar surface area (TPSA) is 93.7 Å². The quantitative estimate of drug-likeness (QED) is 0.224. The van der Waals surface area contributed by atoms with Crippen molar-refractivity contribution in [3.63, 3.8) is 0 Å². The Morgan fingerprint density at radius 2 is 1.57 bits per heavy atom. The number of aromatic nitrogens is 2. The van der Waals surface area contributed by atoms with E-state index >= 15 is 0 Å². The summed E-state index contributed by atoms with van der Waals surface area (Å²) in [6, 6.07) is 30.7. The lowest BCUT2D eigenvalue weighted by molar-refractivity contribution is -0.0826. The minimum atomic E-state index is -0.798. The lowest BCUT2D eigenvalue weighted by atomic mass is 9.73. The van der Waals surface area contributed by atoms with Crippen LogP contribution in [0.3, 0.4) is 0 Å². The Balaban J connectivity index is 1.38. The number of nitrogens with two attached hydrogens (primary N) is 1. The summed E-state index contributed by atoms with van der Waals surface area (Å²) in [7, 11) is 0. The van der Waals surface area contributed by atoms with Crippen molar-refractivity contribution in [2.24, 2.45) is 11.7 Å². The summed E-state index contributed by atoms with van der Waals surface area (Å²) in [5.41, 5.74) is 9.46. The van der Waals surface area contributed by atoms with Crippen LogP contribution in [-0.4, -0.2) is 62.6 Å². The zero-order valence-corrected chi connectivity index (χ0v) is 26.9. The van der Waals surface area contributed by atoms with Gasteiger partial charge in [0.1, 0.15) is 5.60 Å². The predicted octanol–water partition coefficient (Wildman–Crippen LogP) is 6.72. The van der Waals surface area contributed by atoms with E-state index in [1.807, 2.05) is 47.4 Å². The van der Waals surface area contributed by atoms with Gasteiger partial charge in [0.15, 0.2) is 5.69 Å². The Morgan fingerprint density at radius 1 is 0.913 bits per heavy atom. The standard InChI is InChI=1S/C38H45N5O3/c1-28(2)38(46-37(39)45)21-13-12-20-33(38)43-27-40-34(35(43)31-18-10-5-11-19-31)36(44)42-23-22-41(25-30-16-8-4-9-17-30)26-32(42)24-29-14-6-3-7-15-29/h3-11,14-19,27-28,32-33H,12-13,20-26H2,1-2H3,(H2,39,45)/t32?,33-,38-/m0/s1. The second kappa shape index (κ2) is 13.9. The maximum absolute atomic E-state index is 14.8. The van der Waals surface area contributed by atoms with E-state index in [-0.39, 0.29) is 23.9 Å². The highest BCUT2D eigenvalue weighted by Crippen LogP contribution is 2.47. The number of amides is 2. The van der Waals surface area contributed by atoms with Crippen LogP contribution in [0.1, 0.15) is 67.2 Å². The van der Waals surface area contributed by atoms with Crippen molar-refractivity contribution < 1.29 is 14.3 Å². The summed E-state index contributed by atoms with van der Waals surface area (Å²) in [5.74, 6) is -0.0527. The fourth-order valence-corrected chi connectivity index (χ4v) is 7.63. The van der Waals surface area contributed by atoms with E-state index < -0.39 is 11.7 Å². The van der Waals surface area contributed by atoms with Gasteiger partial charge in [-0.15, -0.1) is 0 Å². The molecule has 3 aromatic carbocycles. The third kappa shape index (κ3) is 6.58. The van der Waals surface area contributed by atoms with Gasteiger partial charge in [0.25, 0.3) is 5.91 Å². The van der Waals surface area contributed by atoms with Gasteiger partial charge in [-0.1, -0.05) is 111 Å². The van der Waals surface area contributed by atoms with Gasteiger partial charge >= 0.3 is 6.09 Å². The van der Waals surface area contributed by atoms with Crippen LogP contribution >= 0.6 is 0 Å². The smallest absolute Gasteiger partial charge is 0.405 e. The molecule has 1 aliphatic heterocycles. The van der Waals surface area contributed by atoms with Crippen LogP contribution in [0.5, 0.6) is 0 Å². The molecule has 2 N–H and O–H groups in total. The number of hydrogen-bond acceptors (Lipinski definition) is 5. The molecule has 1 unspecified atom stereocenters. The molecule has 6 rings (SSSR count). The predicted molar refractivity (Wildman–Crippen MR) is 180 cm³/mol. The second-order valence-corrected chi connectivity index (χ2v) is 13.1. The number of piperazine rings is 1. The Bertz CT molecular complexity index is 1610. The molecule has 8 nitrogen and oxygen atoms in total. The van der Waals surface area contributed by atoms with E-state index in [1.165, 1.54) is 11.1 Å². The van der Waals surface area contributed by atoms with Gasteiger partial charge in [-0.2, -0.15) is 0 Å². The average molecular weight is 620 g/mol. The molecule has 1 saturated heterocycles. The summed E-state index contributed by atoms with van der Waals surface area (Å²) >= 11 is 0. The molecule has 2 fully saturated rings. The first-order valence-electron chi connectivity index (χ1n) is 16.6. The molecule has 4 aromatic rings. The van der Waals surface area contributed by atoms with Crippen molar-refractivity contribution in [3.8, 4) is 11.3 Å². The minimum absolute atomic E-state index is 0.0171. The van der Waals surface area contributed by atoms with Crippen LogP contribution in [-0.2, 0) is 17.7 Å². The van der Waals surface area contributed by atoms with E-state index in [0.717, 1.165) is 56.6 Å². The number of hydrogen-bond donors (Lipinski definition) is 1. The number of benzene rings is 3. The van der Waals surface area contributed by atoms with Gasteiger partial charge in [-0.3, -0.25) is 9.69 Å². The first-order valence-corrected chi connectivity index (χ1v) is 16.6. The summed E-state index contributed by atoms with van der Waals surface area (Å²) < 4.78 is 8.12. The van der Waals surface area contributed by atoms with Crippen LogP contribution in [0, 0.1) is 5.92 Å². The molecule has 0 spiro atoms. The molecule has 2 heterocycles. The van der Waals surface area contributed by atoms with Crippen molar-refractivity contribution in [2.45, 2.75) is 70.2 Å². The molecule has 1 saturated carbocycles. The number of primary amides is 1. The van der Waals surface area contributed by atoms with Crippen LogP contribution in [0.4, 0.5) is 4.79 Å². The lowest BCUT2D eigenvalue weighted by Crippen LogP contribution is -2.55. The van der Waals surface area contributed by atoms with E-state index in [4.69, 9.17) is 15.5 Å². The van der Waals surface area contributed by atoms with Crippen molar-refractivity contribution in [1.82, 2.24) is 19.4 Å². The van der Waals surface area contributed by atoms with E-state index in [2.05, 4.69) is 71.8 Å². The zero-order chi connectivity index (χ0) is 32.1. The van der Waals surface area contributed by atoms with Crippen LogP contribution in [0.25, 0.3) is 11.3 Å². The summed E-state index contributed by atoms with van der Waals surface area (Å²) in [4.78, 5) is 36.4. The molecule has 8 heteroatoms. The van der Waals surface area contributed by atoms with Crippen molar-refractivity contribution >= 4 is 12.0 Å². The molecule has 1 aromatic heterocycles. The average Bonchev–Trinajstić information content (AvgIpc) is 3.51. The highest BCUT2D eigenvalue weighted by Gasteiger charge is 2.49. The van der Waals surface area contributed by atoms with Gasteiger partial charge in [0.05, 0.1) is 18.1 Å². The highest BCUT2D eigenvalue weighted by atomic mass is 16.6.